The molecule has 0 fully saturated rings. The average Bonchev–Trinajstić information content (AvgIpc) is 3.09. The van der Waals surface area contributed by atoms with Gasteiger partial charge in [0.2, 0.25) is 0 Å². The van der Waals surface area contributed by atoms with Crippen molar-refractivity contribution in [1.82, 2.24) is 10.6 Å². The number of hydrogen-bond donors (Lipinski definition) is 3. The van der Waals surface area contributed by atoms with Crippen LogP contribution >= 0.6 is 35.3 Å². The lowest BCUT2D eigenvalue weighted by Gasteiger charge is -2.12. The van der Waals surface area contributed by atoms with Gasteiger partial charge in [0.1, 0.15) is 0 Å². The van der Waals surface area contributed by atoms with Crippen LogP contribution in [0.5, 0.6) is 11.5 Å². The summed E-state index contributed by atoms with van der Waals surface area (Å²) < 4.78 is 5.13. The summed E-state index contributed by atoms with van der Waals surface area (Å²) in [5.41, 5.74) is 1.10. The van der Waals surface area contributed by atoms with Crippen molar-refractivity contribution in [1.29, 1.82) is 0 Å². The smallest absolute Gasteiger partial charge is 0.191 e. The van der Waals surface area contributed by atoms with Crippen molar-refractivity contribution >= 4 is 41.3 Å². The fourth-order valence-electron chi connectivity index (χ4n) is 2.28. The first-order valence-corrected chi connectivity index (χ1v) is 9.01. The maximum atomic E-state index is 9.63. The number of halogens is 1. The molecule has 2 aromatic rings. The highest BCUT2D eigenvalue weighted by Crippen LogP contribution is 2.26. The van der Waals surface area contributed by atoms with Gasteiger partial charge in [0.15, 0.2) is 17.5 Å². The lowest BCUT2D eigenvalue weighted by atomic mass is 10.1. The summed E-state index contributed by atoms with van der Waals surface area (Å²) >= 11 is 1.77. The molecule has 0 saturated carbocycles. The molecule has 7 heteroatoms. The Morgan fingerprint density at radius 2 is 2.08 bits per heavy atom. The number of methoxy groups -OCH3 is 1. The zero-order valence-electron chi connectivity index (χ0n) is 14.6. The Kier molecular flexibility index (Phi) is 10.3. The standard InChI is InChI=1S/C18H25N3O2S.HI/c1-3-19-18(21-11-9-15-5-4-12-24-15)20-10-8-14-6-7-16(22)17(13-14)23-2;/h4-7,12-13,22H,3,8-11H2,1-2H3,(H2,19,20,21);1H. The molecule has 1 heterocycles. The summed E-state index contributed by atoms with van der Waals surface area (Å²) in [4.78, 5) is 5.96. The molecule has 138 valence electrons. The van der Waals surface area contributed by atoms with Crippen LogP contribution in [0.25, 0.3) is 0 Å². The Balaban J connectivity index is 0.00000312. The monoisotopic (exact) mass is 475 g/mol. The molecule has 0 radical (unpaired) electrons. The first-order valence-electron chi connectivity index (χ1n) is 8.13. The van der Waals surface area contributed by atoms with Crippen LogP contribution in [0.3, 0.4) is 0 Å². The average molecular weight is 475 g/mol. The molecule has 0 atom stereocenters. The van der Waals surface area contributed by atoms with Crippen LogP contribution in [0.15, 0.2) is 40.7 Å². The van der Waals surface area contributed by atoms with Crippen molar-refractivity contribution in [2.75, 3.05) is 26.7 Å². The van der Waals surface area contributed by atoms with E-state index in [2.05, 4.69) is 40.1 Å². The van der Waals surface area contributed by atoms with E-state index >= 15 is 0 Å². The topological polar surface area (TPSA) is 65.9 Å². The highest BCUT2D eigenvalue weighted by atomic mass is 127. The Morgan fingerprint density at radius 3 is 2.76 bits per heavy atom. The van der Waals surface area contributed by atoms with Crippen molar-refractivity contribution in [3.8, 4) is 11.5 Å². The minimum atomic E-state index is 0. The van der Waals surface area contributed by atoms with Crippen LogP contribution in [0.1, 0.15) is 17.4 Å². The van der Waals surface area contributed by atoms with Gasteiger partial charge >= 0.3 is 0 Å². The molecule has 0 bridgehead atoms. The zero-order valence-corrected chi connectivity index (χ0v) is 17.8. The summed E-state index contributed by atoms with van der Waals surface area (Å²) in [5, 5.41) is 18.3. The predicted octanol–water partition coefficient (Wildman–Crippen LogP) is 3.42. The van der Waals surface area contributed by atoms with Gasteiger partial charge in [-0.1, -0.05) is 12.1 Å². The van der Waals surface area contributed by atoms with Gasteiger partial charge in [0.05, 0.1) is 7.11 Å². The van der Waals surface area contributed by atoms with E-state index in [9.17, 15) is 5.11 Å². The van der Waals surface area contributed by atoms with Gasteiger partial charge in [0, 0.05) is 30.9 Å². The Morgan fingerprint density at radius 1 is 1.24 bits per heavy atom. The van der Waals surface area contributed by atoms with Gasteiger partial charge < -0.3 is 20.5 Å². The van der Waals surface area contributed by atoms with Gasteiger partial charge in [-0.3, -0.25) is 4.99 Å². The first kappa shape index (κ1) is 21.6. The van der Waals surface area contributed by atoms with Gasteiger partial charge in [-0.05, 0) is 42.5 Å². The minimum absolute atomic E-state index is 0. The summed E-state index contributed by atoms with van der Waals surface area (Å²) in [6.45, 7) is 4.42. The predicted molar refractivity (Wildman–Crippen MR) is 116 cm³/mol. The molecule has 0 aliphatic heterocycles. The molecular weight excluding hydrogens is 449 g/mol. The number of nitrogens with one attached hydrogen (secondary N) is 2. The number of hydrogen-bond acceptors (Lipinski definition) is 4. The highest BCUT2D eigenvalue weighted by Gasteiger charge is 2.03. The number of rotatable bonds is 8. The van der Waals surface area contributed by atoms with Crippen LogP contribution < -0.4 is 15.4 Å². The second kappa shape index (κ2) is 12.0. The molecular formula is C18H26IN3O2S. The Hall–Kier alpha value is -1.48. The third kappa shape index (κ3) is 7.52. The van der Waals surface area contributed by atoms with Crippen LogP contribution in [-0.2, 0) is 12.8 Å². The third-order valence-electron chi connectivity index (χ3n) is 3.50. The molecule has 25 heavy (non-hydrogen) atoms. The SMILES string of the molecule is CCNC(=NCCc1cccs1)NCCc1ccc(O)c(OC)c1.I. The summed E-state index contributed by atoms with van der Waals surface area (Å²) in [6, 6.07) is 9.63. The van der Waals surface area contributed by atoms with E-state index in [0.29, 0.717) is 5.75 Å². The number of aromatic hydroxyl groups is 1. The maximum Gasteiger partial charge on any atom is 0.191 e. The molecule has 0 aliphatic rings. The van der Waals surface area contributed by atoms with Crippen LogP contribution in [0, 0.1) is 0 Å². The summed E-state index contributed by atoms with van der Waals surface area (Å²) in [5.74, 6) is 1.50. The zero-order chi connectivity index (χ0) is 17.2. The van der Waals surface area contributed by atoms with E-state index in [-0.39, 0.29) is 29.7 Å². The fourth-order valence-corrected chi connectivity index (χ4v) is 2.98. The molecule has 0 amide bonds. The first-order chi connectivity index (χ1) is 11.7. The maximum absolute atomic E-state index is 9.63. The van der Waals surface area contributed by atoms with E-state index in [4.69, 9.17) is 4.74 Å². The van der Waals surface area contributed by atoms with Crippen LogP contribution in [0.4, 0.5) is 0 Å². The number of benzene rings is 1. The van der Waals surface area contributed by atoms with Gasteiger partial charge in [-0.15, -0.1) is 35.3 Å². The van der Waals surface area contributed by atoms with E-state index < -0.39 is 0 Å². The molecule has 3 N–H and O–H groups in total. The molecule has 5 nitrogen and oxygen atoms in total. The van der Waals surface area contributed by atoms with Gasteiger partial charge in [-0.2, -0.15) is 0 Å². The molecule has 0 spiro atoms. The Labute approximate surface area is 170 Å². The van der Waals surface area contributed by atoms with E-state index in [0.717, 1.165) is 44.0 Å². The quantitative estimate of drug-likeness (QED) is 0.311. The number of phenols is 1. The normalized spacial score (nSPS) is 10.9. The molecule has 0 unspecified atom stereocenters. The van der Waals surface area contributed by atoms with Crippen LogP contribution in [-0.4, -0.2) is 37.8 Å². The minimum Gasteiger partial charge on any atom is -0.504 e. The number of guanidine groups is 1. The second-order valence-corrected chi connectivity index (χ2v) is 6.31. The van der Waals surface area contributed by atoms with Crippen molar-refractivity contribution in [2.45, 2.75) is 19.8 Å². The van der Waals surface area contributed by atoms with Crippen molar-refractivity contribution in [2.24, 2.45) is 4.99 Å². The van der Waals surface area contributed by atoms with Gasteiger partial charge in [-0.25, -0.2) is 0 Å². The summed E-state index contributed by atoms with van der Waals surface area (Å²) in [7, 11) is 1.56. The van der Waals surface area contributed by atoms with E-state index in [1.807, 2.05) is 12.1 Å². The van der Waals surface area contributed by atoms with Crippen molar-refractivity contribution in [3.05, 3.63) is 46.2 Å². The number of aliphatic imine (C=N–C) groups is 1. The lowest BCUT2D eigenvalue weighted by molar-refractivity contribution is 0.373. The van der Waals surface area contributed by atoms with Gasteiger partial charge in [0.25, 0.3) is 0 Å². The molecule has 0 saturated heterocycles. The van der Waals surface area contributed by atoms with Crippen molar-refractivity contribution < 1.29 is 9.84 Å². The number of nitrogens with zero attached hydrogens (tertiary/aromatic N) is 1. The fraction of sp³-hybridized carbons (Fsp3) is 0.389. The van der Waals surface area contributed by atoms with E-state index in [1.54, 1.807) is 24.5 Å². The lowest BCUT2D eigenvalue weighted by Crippen LogP contribution is -2.38. The highest BCUT2D eigenvalue weighted by molar-refractivity contribution is 14.0. The van der Waals surface area contributed by atoms with E-state index in [1.165, 1.54) is 4.88 Å². The molecule has 0 aliphatic carbocycles. The Bertz CT molecular complexity index is 648. The molecule has 1 aromatic heterocycles. The molecule has 2 rings (SSSR count). The van der Waals surface area contributed by atoms with Crippen molar-refractivity contribution in [3.63, 3.8) is 0 Å². The largest absolute Gasteiger partial charge is 0.504 e. The number of phenolic OH excluding ortho intramolecular Hbond substituents is 1. The van der Waals surface area contributed by atoms with Crippen LogP contribution in [0.2, 0.25) is 0 Å². The number of ether oxygens (including phenoxy) is 1. The second-order valence-electron chi connectivity index (χ2n) is 5.27. The summed E-state index contributed by atoms with van der Waals surface area (Å²) in [6.07, 6.45) is 1.79. The number of thiophene rings is 1. The molecule has 1 aromatic carbocycles. The third-order valence-corrected chi connectivity index (χ3v) is 4.44.